The molecule has 0 radical (unpaired) electrons. The Balaban J connectivity index is 1.91. The predicted octanol–water partition coefficient (Wildman–Crippen LogP) is 5.41. The number of nitrogens with one attached hydrogen (secondary N) is 1. The molecule has 0 aliphatic carbocycles. The zero-order valence-corrected chi connectivity index (χ0v) is 13.2. The number of rotatable bonds is 2. The lowest BCUT2D eigenvalue weighted by Crippen LogP contribution is -2.16. The molecule has 1 atom stereocenters. The van der Waals surface area contributed by atoms with Crippen LogP contribution >= 0.6 is 27.7 Å². The van der Waals surface area contributed by atoms with E-state index in [-0.39, 0.29) is 0 Å². The standard InChI is InChI=1S/C16H16BrNS/c1-11-13(17)6-4-7-14(11)18-15-9-10-19-16-8-3-2-5-12(15)16/h2-8,15,18H,9-10H2,1H3. The van der Waals surface area contributed by atoms with Crippen LogP contribution in [0.1, 0.15) is 23.6 Å². The van der Waals surface area contributed by atoms with Gasteiger partial charge in [0, 0.05) is 20.8 Å². The summed E-state index contributed by atoms with van der Waals surface area (Å²) in [6.45, 7) is 2.15. The Labute approximate surface area is 126 Å². The third kappa shape index (κ3) is 2.67. The topological polar surface area (TPSA) is 12.0 Å². The summed E-state index contributed by atoms with van der Waals surface area (Å²) >= 11 is 5.56. The number of fused-ring (bicyclic) bond motifs is 1. The monoisotopic (exact) mass is 333 g/mol. The number of halogens is 1. The highest BCUT2D eigenvalue weighted by Gasteiger charge is 2.20. The lowest BCUT2D eigenvalue weighted by atomic mass is 10.0. The Kier molecular flexibility index (Phi) is 3.85. The maximum atomic E-state index is 3.70. The van der Waals surface area contributed by atoms with E-state index in [1.54, 1.807) is 0 Å². The maximum Gasteiger partial charge on any atom is 0.0532 e. The van der Waals surface area contributed by atoms with Gasteiger partial charge in [-0.2, -0.15) is 0 Å². The summed E-state index contributed by atoms with van der Waals surface area (Å²) in [6, 6.07) is 15.5. The molecule has 2 aromatic rings. The molecular formula is C16H16BrNS. The molecule has 1 heterocycles. The van der Waals surface area contributed by atoms with E-state index >= 15 is 0 Å². The number of anilines is 1. The Morgan fingerprint density at radius 2 is 2.00 bits per heavy atom. The van der Waals surface area contributed by atoms with Crippen LogP contribution in [0.4, 0.5) is 5.69 Å². The van der Waals surface area contributed by atoms with Gasteiger partial charge in [-0.15, -0.1) is 11.8 Å². The number of benzene rings is 2. The van der Waals surface area contributed by atoms with Gasteiger partial charge in [-0.3, -0.25) is 0 Å². The molecule has 1 nitrogen and oxygen atoms in total. The molecule has 0 saturated carbocycles. The van der Waals surface area contributed by atoms with Gasteiger partial charge in [-0.05, 0) is 42.7 Å². The first-order chi connectivity index (χ1) is 9.25. The van der Waals surface area contributed by atoms with Crippen LogP contribution in [0.15, 0.2) is 51.8 Å². The van der Waals surface area contributed by atoms with Crippen LogP contribution in [0.25, 0.3) is 0 Å². The minimum Gasteiger partial charge on any atom is -0.378 e. The van der Waals surface area contributed by atoms with Crippen molar-refractivity contribution in [1.29, 1.82) is 0 Å². The molecule has 1 aliphatic heterocycles. The largest absolute Gasteiger partial charge is 0.378 e. The van der Waals surface area contributed by atoms with Crippen molar-refractivity contribution < 1.29 is 0 Å². The first-order valence-electron chi connectivity index (χ1n) is 6.49. The average molecular weight is 334 g/mol. The number of hydrogen-bond acceptors (Lipinski definition) is 2. The van der Waals surface area contributed by atoms with E-state index in [0.29, 0.717) is 6.04 Å². The zero-order valence-electron chi connectivity index (χ0n) is 10.8. The van der Waals surface area contributed by atoms with E-state index in [1.165, 1.54) is 33.9 Å². The van der Waals surface area contributed by atoms with Gasteiger partial charge < -0.3 is 5.32 Å². The fourth-order valence-electron chi connectivity index (χ4n) is 2.44. The maximum absolute atomic E-state index is 3.70. The SMILES string of the molecule is Cc1c(Br)cccc1NC1CCSc2ccccc21. The molecule has 0 aromatic heterocycles. The van der Waals surface area contributed by atoms with Crippen molar-refractivity contribution in [1.82, 2.24) is 0 Å². The summed E-state index contributed by atoms with van der Waals surface area (Å²) in [5.74, 6) is 1.18. The summed E-state index contributed by atoms with van der Waals surface area (Å²) < 4.78 is 1.16. The van der Waals surface area contributed by atoms with Crippen molar-refractivity contribution in [3.8, 4) is 0 Å². The molecular weight excluding hydrogens is 318 g/mol. The summed E-state index contributed by atoms with van der Waals surface area (Å²) in [7, 11) is 0. The van der Waals surface area contributed by atoms with Gasteiger partial charge in [-0.1, -0.05) is 40.2 Å². The molecule has 0 bridgehead atoms. The molecule has 1 aliphatic rings. The molecule has 19 heavy (non-hydrogen) atoms. The first-order valence-corrected chi connectivity index (χ1v) is 8.27. The molecule has 0 spiro atoms. The Morgan fingerprint density at radius 3 is 2.89 bits per heavy atom. The van der Waals surface area contributed by atoms with Crippen LogP contribution in [0.3, 0.4) is 0 Å². The van der Waals surface area contributed by atoms with Crippen LogP contribution in [-0.4, -0.2) is 5.75 Å². The summed E-state index contributed by atoms with van der Waals surface area (Å²) in [4.78, 5) is 1.42. The van der Waals surface area contributed by atoms with Gasteiger partial charge in [0.2, 0.25) is 0 Å². The van der Waals surface area contributed by atoms with Crippen LogP contribution in [0, 0.1) is 6.92 Å². The van der Waals surface area contributed by atoms with Crippen molar-refractivity contribution in [2.75, 3.05) is 11.1 Å². The van der Waals surface area contributed by atoms with Gasteiger partial charge in [0.1, 0.15) is 0 Å². The fraction of sp³-hybridized carbons (Fsp3) is 0.250. The second kappa shape index (κ2) is 5.59. The van der Waals surface area contributed by atoms with E-state index in [0.717, 1.165) is 4.47 Å². The van der Waals surface area contributed by atoms with Gasteiger partial charge in [0.25, 0.3) is 0 Å². The van der Waals surface area contributed by atoms with Crippen LogP contribution in [0.2, 0.25) is 0 Å². The molecule has 98 valence electrons. The molecule has 2 aromatic carbocycles. The van der Waals surface area contributed by atoms with E-state index in [4.69, 9.17) is 0 Å². The fourth-order valence-corrected chi connectivity index (χ4v) is 3.93. The number of hydrogen-bond donors (Lipinski definition) is 1. The van der Waals surface area contributed by atoms with Crippen molar-refractivity contribution in [2.24, 2.45) is 0 Å². The van der Waals surface area contributed by atoms with Crippen molar-refractivity contribution in [3.05, 3.63) is 58.1 Å². The molecule has 3 rings (SSSR count). The average Bonchev–Trinajstić information content (AvgIpc) is 2.44. The van der Waals surface area contributed by atoms with Crippen molar-refractivity contribution in [2.45, 2.75) is 24.3 Å². The third-order valence-electron chi connectivity index (χ3n) is 3.56. The van der Waals surface area contributed by atoms with Crippen LogP contribution in [0.5, 0.6) is 0 Å². The van der Waals surface area contributed by atoms with Crippen molar-refractivity contribution >= 4 is 33.4 Å². The third-order valence-corrected chi connectivity index (χ3v) is 5.54. The Bertz CT molecular complexity index is 597. The van der Waals surface area contributed by atoms with Gasteiger partial charge in [-0.25, -0.2) is 0 Å². The summed E-state index contributed by atoms with van der Waals surface area (Å²) in [5.41, 5.74) is 3.93. The lowest BCUT2D eigenvalue weighted by Gasteiger charge is -2.27. The quantitative estimate of drug-likeness (QED) is 0.788. The van der Waals surface area contributed by atoms with E-state index in [9.17, 15) is 0 Å². The highest BCUT2D eigenvalue weighted by atomic mass is 79.9. The molecule has 1 unspecified atom stereocenters. The molecule has 0 saturated heterocycles. The van der Waals surface area contributed by atoms with Gasteiger partial charge in [0.15, 0.2) is 0 Å². The Hall–Kier alpha value is -0.930. The normalized spacial score (nSPS) is 17.9. The van der Waals surface area contributed by atoms with E-state index in [1.807, 2.05) is 11.8 Å². The van der Waals surface area contributed by atoms with Crippen LogP contribution < -0.4 is 5.32 Å². The second-order valence-corrected chi connectivity index (χ2v) is 6.78. The van der Waals surface area contributed by atoms with Gasteiger partial charge in [0.05, 0.1) is 6.04 Å². The minimum absolute atomic E-state index is 0.422. The summed E-state index contributed by atoms with van der Waals surface area (Å²) in [6.07, 6.45) is 1.17. The van der Waals surface area contributed by atoms with E-state index < -0.39 is 0 Å². The highest BCUT2D eigenvalue weighted by Crippen LogP contribution is 2.38. The van der Waals surface area contributed by atoms with Crippen LogP contribution in [-0.2, 0) is 0 Å². The minimum atomic E-state index is 0.422. The molecule has 1 N–H and O–H groups in total. The second-order valence-electron chi connectivity index (χ2n) is 4.78. The summed E-state index contributed by atoms with van der Waals surface area (Å²) in [5, 5.41) is 3.70. The Morgan fingerprint density at radius 1 is 1.16 bits per heavy atom. The lowest BCUT2D eigenvalue weighted by molar-refractivity contribution is 0.727. The molecule has 0 amide bonds. The predicted molar refractivity (Wildman–Crippen MR) is 87.0 cm³/mol. The highest BCUT2D eigenvalue weighted by molar-refractivity contribution is 9.10. The first kappa shape index (κ1) is 13.1. The zero-order chi connectivity index (χ0) is 13.2. The smallest absolute Gasteiger partial charge is 0.0532 e. The van der Waals surface area contributed by atoms with Gasteiger partial charge >= 0.3 is 0 Å². The molecule has 3 heteroatoms. The van der Waals surface area contributed by atoms with Crippen molar-refractivity contribution in [3.63, 3.8) is 0 Å². The number of thioether (sulfide) groups is 1. The van der Waals surface area contributed by atoms with E-state index in [2.05, 4.69) is 70.6 Å². The molecule has 0 fully saturated rings.